The Balaban J connectivity index is 1.67. The van der Waals surface area contributed by atoms with E-state index in [1.165, 1.54) is 10.9 Å². The molecule has 1 amide bonds. The van der Waals surface area contributed by atoms with Gasteiger partial charge in [-0.25, -0.2) is 4.98 Å². The van der Waals surface area contributed by atoms with Crippen LogP contribution in [0.25, 0.3) is 10.9 Å². The van der Waals surface area contributed by atoms with Gasteiger partial charge in [0.05, 0.1) is 23.3 Å². The second kappa shape index (κ2) is 9.70. The Morgan fingerprint density at radius 3 is 2.55 bits per heavy atom. The molecule has 1 aromatic heterocycles. The lowest BCUT2D eigenvalue weighted by atomic mass is 9.97. The van der Waals surface area contributed by atoms with Crippen LogP contribution in [0, 0.1) is 5.92 Å². The van der Waals surface area contributed by atoms with E-state index >= 15 is 0 Å². The van der Waals surface area contributed by atoms with Crippen molar-refractivity contribution in [3.8, 4) is 0 Å². The lowest BCUT2D eigenvalue weighted by Crippen LogP contribution is -2.31. The number of amides is 1. The quantitative estimate of drug-likeness (QED) is 0.582. The third-order valence-electron chi connectivity index (χ3n) is 4.95. The van der Waals surface area contributed by atoms with Gasteiger partial charge in [-0.05, 0) is 48.6 Å². The van der Waals surface area contributed by atoms with Gasteiger partial charge >= 0.3 is 0 Å². The Morgan fingerprint density at radius 1 is 1.10 bits per heavy atom. The maximum absolute atomic E-state index is 12.6. The van der Waals surface area contributed by atoms with Crippen LogP contribution in [0.4, 0.5) is 0 Å². The highest BCUT2D eigenvalue weighted by Gasteiger charge is 2.16. The van der Waals surface area contributed by atoms with Gasteiger partial charge in [0, 0.05) is 18.0 Å². The number of aromatic nitrogens is 2. The summed E-state index contributed by atoms with van der Waals surface area (Å²) < 4.78 is 1.49. The largest absolute Gasteiger partial charge is 0.349 e. The Bertz CT molecular complexity index is 1030. The number of carbonyl (C=O) groups is 1. The maximum Gasteiger partial charge on any atom is 0.261 e. The molecular weight excluding hydrogens is 386 g/mol. The summed E-state index contributed by atoms with van der Waals surface area (Å²) in [5, 5.41) is 4.35. The Morgan fingerprint density at radius 2 is 1.83 bits per heavy atom. The van der Waals surface area contributed by atoms with Crippen molar-refractivity contribution < 1.29 is 4.79 Å². The summed E-state index contributed by atoms with van der Waals surface area (Å²) in [4.78, 5) is 29.5. The molecule has 1 atom stereocenters. The average molecular weight is 412 g/mol. The summed E-state index contributed by atoms with van der Waals surface area (Å²) in [6, 6.07) is 14.7. The number of para-hydroxylation sites is 1. The van der Waals surface area contributed by atoms with Crippen LogP contribution in [0.5, 0.6) is 0 Å². The molecule has 5 nitrogen and oxygen atoms in total. The van der Waals surface area contributed by atoms with Crippen molar-refractivity contribution >= 4 is 28.4 Å². The van der Waals surface area contributed by atoms with Gasteiger partial charge in [-0.3, -0.25) is 14.2 Å². The zero-order valence-corrected chi connectivity index (χ0v) is 17.5. The Hall–Kier alpha value is -2.66. The van der Waals surface area contributed by atoms with Crippen LogP contribution in [0.15, 0.2) is 59.7 Å². The van der Waals surface area contributed by atoms with Crippen molar-refractivity contribution in [1.82, 2.24) is 14.9 Å². The molecule has 1 unspecified atom stereocenters. The summed E-state index contributed by atoms with van der Waals surface area (Å²) in [7, 11) is 0. The first kappa shape index (κ1) is 21.1. The molecule has 0 radical (unpaired) electrons. The molecule has 3 rings (SSSR count). The number of fused-ring (bicyclic) bond motifs is 1. The second-order valence-electron chi connectivity index (χ2n) is 7.65. The van der Waals surface area contributed by atoms with Gasteiger partial charge < -0.3 is 5.32 Å². The summed E-state index contributed by atoms with van der Waals surface area (Å²) in [5.41, 5.74) is 1.57. The smallest absolute Gasteiger partial charge is 0.261 e. The third kappa shape index (κ3) is 5.67. The van der Waals surface area contributed by atoms with Crippen LogP contribution >= 0.6 is 11.6 Å². The molecule has 0 aliphatic rings. The van der Waals surface area contributed by atoms with Crippen molar-refractivity contribution in [2.24, 2.45) is 5.92 Å². The first-order valence-electron chi connectivity index (χ1n) is 9.93. The fourth-order valence-electron chi connectivity index (χ4n) is 3.27. The predicted molar refractivity (Wildman–Crippen MR) is 117 cm³/mol. The summed E-state index contributed by atoms with van der Waals surface area (Å²) in [6.45, 7) is 4.62. The molecule has 3 aromatic rings. The summed E-state index contributed by atoms with van der Waals surface area (Å²) in [6.07, 6.45) is 3.57. The van der Waals surface area contributed by atoms with Crippen LogP contribution in [-0.4, -0.2) is 15.5 Å². The molecule has 0 saturated heterocycles. The lowest BCUT2D eigenvalue weighted by molar-refractivity contribution is -0.122. The number of aryl methyl sites for hydroxylation is 1. The van der Waals surface area contributed by atoms with Crippen molar-refractivity contribution in [3.63, 3.8) is 0 Å². The fourth-order valence-corrected chi connectivity index (χ4v) is 3.40. The van der Waals surface area contributed by atoms with Gasteiger partial charge in [0.15, 0.2) is 0 Å². The fraction of sp³-hybridized carbons (Fsp3) is 0.348. The molecule has 0 aliphatic carbocycles. The highest BCUT2D eigenvalue weighted by atomic mass is 35.5. The lowest BCUT2D eigenvalue weighted by Gasteiger charge is -2.20. The van der Waals surface area contributed by atoms with Crippen LogP contribution < -0.4 is 10.9 Å². The topological polar surface area (TPSA) is 64.0 Å². The number of nitrogens with one attached hydrogen (secondary N) is 1. The van der Waals surface area contributed by atoms with E-state index in [0.29, 0.717) is 28.4 Å². The Labute approximate surface area is 175 Å². The number of rotatable bonds is 8. The Kier molecular flexibility index (Phi) is 7.04. The van der Waals surface area contributed by atoms with E-state index in [1.807, 2.05) is 36.4 Å². The minimum absolute atomic E-state index is 0.0754. The molecule has 6 heteroatoms. The van der Waals surface area contributed by atoms with Gasteiger partial charge in [-0.1, -0.05) is 49.7 Å². The molecule has 0 bridgehead atoms. The zero-order chi connectivity index (χ0) is 20.8. The van der Waals surface area contributed by atoms with Crippen LogP contribution in [0.2, 0.25) is 5.02 Å². The normalized spacial score (nSPS) is 12.3. The molecule has 1 heterocycles. The van der Waals surface area contributed by atoms with E-state index < -0.39 is 0 Å². The second-order valence-corrected chi connectivity index (χ2v) is 8.09. The number of hydrogen-bond acceptors (Lipinski definition) is 3. The van der Waals surface area contributed by atoms with E-state index in [2.05, 4.69) is 24.1 Å². The highest BCUT2D eigenvalue weighted by molar-refractivity contribution is 6.30. The highest BCUT2D eigenvalue weighted by Crippen LogP contribution is 2.23. The molecular formula is C23H26ClN3O2. The van der Waals surface area contributed by atoms with Crippen molar-refractivity contribution in [2.45, 2.75) is 45.7 Å². The summed E-state index contributed by atoms with van der Waals surface area (Å²) >= 11 is 6.00. The number of halogens is 1. The molecule has 0 spiro atoms. The first-order valence-corrected chi connectivity index (χ1v) is 10.3. The number of hydrogen-bond donors (Lipinski definition) is 1. The molecule has 29 heavy (non-hydrogen) atoms. The first-order chi connectivity index (χ1) is 13.9. The molecule has 0 saturated carbocycles. The standard InChI is InChI=1S/C23H26ClN3O2/c1-16(2)7-12-20(17-8-10-18(24)11-9-17)26-22(28)13-14-27-15-25-21-6-4-3-5-19(21)23(27)29/h3-6,8-11,15-16,20H,7,12-14H2,1-2H3,(H,26,28). The third-order valence-corrected chi connectivity index (χ3v) is 5.20. The molecule has 0 fully saturated rings. The van der Waals surface area contributed by atoms with Gasteiger partial charge in [0.2, 0.25) is 5.91 Å². The van der Waals surface area contributed by atoms with Crippen molar-refractivity contribution in [3.05, 3.63) is 75.8 Å². The SMILES string of the molecule is CC(C)CCC(NC(=O)CCn1cnc2ccccc2c1=O)c1ccc(Cl)cc1. The monoisotopic (exact) mass is 411 g/mol. The minimum atomic E-state index is -0.127. The van der Waals surface area contributed by atoms with Crippen LogP contribution in [-0.2, 0) is 11.3 Å². The van der Waals surface area contributed by atoms with Gasteiger partial charge in [0.1, 0.15) is 0 Å². The molecule has 0 aliphatic heterocycles. The van der Waals surface area contributed by atoms with Gasteiger partial charge in [-0.2, -0.15) is 0 Å². The van der Waals surface area contributed by atoms with E-state index in [1.54, 1.807) is 12.1 Å². The number of carbonyl (C=O) groups excluding carboxylic acids is 1. The average Bonchev–Trinajstić information content (AvgIpc) is 2.71. The van der Waals surface area contributed by atoms with Gasteiger partial charge in [-0.15, -0.1) is 0 Å². The van der Waals surface area contributed by atoms with E-state index in [0.717, 1.165) is 18.4 Å². The molecule has 152 valence electrons. The van der Waals surface area contributed by atoms with E-state index in [4.69, 9.17) is 11.6 Å². The van der Waals surface area contributed by atoms with E-state index in [-0.39, 0.29) is 23.9 Å². The van der Waals surface area contributed by atoms with Crippen molar-refractivity contribution in [2.75, 3.05) is 0 Å². The van der Waals surface area contributed by atoms with Crippen molar-refractivity contribution in [1.29, 1.82) is 0 Å². The van der Waals surface area contributed by atoms with E-state index in [9.17, 15) is 9.59 Å². The molecule has 1 N–H and O–H groups in total. The number of benzene rings is 2. The number of nitrogens with zero attached hydrogens (tertiary/aromatic N) is 2. The maximum atomic E-state index is 12.6. The zero-order valence-electron chi connectivity index (χ0n) is 16.8. The molecule has 2 aromatic carbocycles. The summed E-state index contributed by atoms with van der Waals surface area (Å²) in [5.74, 6) is 0.456. The van der Waals surface area contributed by atoms with Crippen LogP contribution in [0.3, 0.4) is 0 Å². The van der Waals surface area contributed by atoms with Gasteiger partial charge in [0.25, 0.3) is 5.56 Å². The minimum Gasteiger partial charge on any atom is -0.349 e. The van der Waals surface area contributed by atoms with Crippen LogP contribution in [0.1, 0.15) is 44.7 Å². The predicted octanol–water partition coefficient (Wildman–Crippen LogP) is 4.73.